The van der Waals surface area contributed by atoms with Gasteiger partial charge in [0.25, 0.3) is 0 Å². The second-order valence-electron chi connectivity index (χ2n) is 12.9. The first-order valence-electron chi connectivity index (χ1n) is 17.3. The van der Waals surface area contributed by atoms with Gasteiger partial charge in [-0.25, -0.2) is 9.98 Å². The maximum atomic E-state index is 6.74. The van der Waals surface area contributed by atoms with Crippen LogP contribution >= 0.6 is 0 Å². The van der Waals surface area contributed by atoms with E-state index in [2.05, 4.69) is 157 Å². The largest absolute Gasteiger partial charge is 0.455 e. The van der Waals surface area contributed by atoms with Gasteiger partial charge in [-0.15, -0.1) is 0 Å². The Balaban J connectivity index is 1.16. The summed E-state index contributed by atoms with van der Waals surface area (Å²) in [5.41, 5.74) is 9.40. The first-order valence-corrected chi connectivity index (χ1v) is 17.3. The van der Waals surface area contributed by atoms with E-state index in [0.717, 1.165) is 71.9 Å². The lowest BCUT2D eigenvalue weighted by molar-refractivity contribution is 0.670. The van der Waals surface area contributed by atoms with Gasteiger partial charge in [0.2, 0.25) is 0 Å². The SMILES string of the molecule is c1ccc(C2=NC(c3ccc(-c4cccc5oc6c(-c7cccc8ccccc78)cccc6c45)c4ccccc34)=NC(c3ccccc3)N2)cc1. The minimum Gasteiger partial charge on any atom is -0.455 e. The van der Waals surface area contributed by atoms with Crippen LogP contribution in [-0.2, 0) is 0 Å². The van der Waals surface area contributed by atoms with Gasteiger partial charge in [0.1, 0.15) is 23.2 Å². The Labute approximate surface area is 295 Å². The van der Waals surface area contributed by atoms with Crippen molar-refractivity contribution in [2.45, 2.75) is 6.17 Å². The lowest BCUT2D eigenvalue weighted by atomic mass is 9.91. The lowest BCUT2D eigenvalue weighted by Gasteiger charge is -2.24. The third-order valence-electron chi connectivity index (χ3n) is 9.96. The molecule has 1 aliphatic rings. The van der Waals surface area contributed by atoms with Crippen LogP contribution in [0.4, 0.5) is 0 Å². The molecular formula is C47H31N3O. The van der Waals surface area contributed by atoms with Gasteiger partial charge in [0.15, 0.2) is 5.84 Å². The van der Waals surface area contributed by atoms with Gasteiger partial charge in [-0.3, -0.25) is 0 Å². The summed E-state index contributed by atoms with van der Waals surface area (Å²) in [4.78, 5) is 10.3. The van der Waals surface area contributed by atoms with Crippen LogP contribution in [0.2, 0.25) is 0 Å². The molecule has 1 aliphatic heterocycles. The quantitative estimate of drug-likeness (QED) is 0.201. The van der Waals surface area contributed by atoms with Gasteiger partial charge >= 0.3 is 0 Å². The number of benzene rings is 8. The predicted molar refractivity (Wildman–Crippen MR) is 211 cm³/mol. The number of hydrogen-bond donors (Lipinski definition) is 1. The molecule has 240 valence electrons. The summed E-state index contributed by atoms with van der Waals surface area (Å²) >= 11 is 0. The molecule has 0 radical (unpaired) electrons. The fourth-order valence-corrected chi connectivity index (χ4v) is 7.59. The van der Waals surface area contributed by atoms with Crippen LogP contribution in [0.1, 0.15) is 22.9 Å². The smallest absolute Gasteiger partial charge is 0.160 e. The van der Waals surface area contributed by atoms with Crippen LogP contribution in [0.25, 0.3) is 65.7 Å². The molecule has 0 amide bonds. The number of rotatable bonds is 5. The topological polar surface area (TPSA) is 49.9 Å². The Morgan fingerprint density at radius 3 is 1.88 bits per heavy atom. The van der Waals surface area contributed by atoms with Crippen molar-refractivity contribution in [3.05, 3.63) is 193 Å². The highest BCUT2D eigenvalue weighted by Crippen LogP contribution is 2.43. The molecule has 4 heteroatoms. The third kappa shape index (κ3) is 4.92. The molecule has 0 saturated heterocycles. The van der Waals surface area contributed by atoms with Gasteiger partial charge < -0.3 is 9.73 Å². The molecule has 51 heavy (non-hydrogen) atoms. The summed E-state index contributed by atoms with van der Waals surface area (Å²) < 4.78 is 6.74. The lowest BCUT2D eigenvalue weighted by Crippen LogP contribution is -2.33. The van der Waals surface area contributed by atoms with Crippen LogP contribution in [-0.4, -0.2) is 11.7 Å². The third-order valence-corrected chi connectivity index (χ3v) is 9.96. The maximum Gasteiger partial charge on any atom is 0.160 e. The Kier molecular flexibility index (Phi) is 6.85. The van der Waals surface area contributed by atoms with Crippen molar-refractivity contribution in [1.82, 2.24) is 5.32 Å². The second-order valence-corrected chi connectivity index (χ2v) is 12.9. The van der Waals surface area contributed by atoms with Crippen LogP contribution < -0.4 is 5.32 Å². The summed E-state index contributed by atoms with van der Waals surface area (Å²) in [6.07, 6.45) is -0.269. The molecule has 1 unspecified atom stereocenters. The zero-order chi connectivity index (χ0) is 33.7. The zero-order valence-corrected chi connectivity index (χ0v) is 27.6. The molecule has 10 rings (SSSR count). The Hall–Kier alpha value is -6.78. The molecule has 1 aromatic heterocycles. The molecule has 0 spiro atoms. The van der Waals surface area contributed by atoms with Crippen molar-refractivity contribution in [2.75, 3.05) is 0 Å². The normalized spacial score (nSPS) is 14.5. The molecule has 4 nitrogen and oxygen atoms in total. The standard InChI is InChI=1S/C47H31N3O/c1-3-15-31(16-4-1)45-48-46(32-17-5-2-6-18-32)50-47(49-45)40-29-28-37(35-21-9-10-22-36(35)40)38-24-13-27-42-43(38)41-26-12-25-39(44(41)51-42)34-23-11-19-30-14-7-8-20-33(30)34/h1-29,45H,(H,48,49,50). The molecule has 8 aromatic carbocycles. The van der Waals surface area contributed by atoms with Crippen molar-refractivity contribution in [2.24, 2.45) is 9.98 Å². The first kappa shape index (κ1) is 29.2. The van der Waals surface area contributed by atoms with Crippen molar-refractivity contribution in [3.8, 4) is 22.3 Å². The average molecular weight is 654 g/mol. The van der Waals surface area contributed by atoms with Gasteiger partial charge in [-0.1, -0.05) is 164 Å². The van der Waals surface area contributed by atoms with Gasteiger partial charge in [-0.05, 0) is 55.9 Å². The molecule has 2 heterocycles. The molecule has 1 N–H and O–H groups in total. The fourth-order valence-electron chi connectivity index (χ4n) is 7.59. The summed E-state index contributed by atoms with van der Waals surface area (Å²) in [7, 11) is 0. The number of aliphatic imine (C=N–C) groups is 2. The number of nitrogens with zero attached hydrogens (tertiary/aromatic N) is 2. The zero-order valence-electron chi connectivity index (χ0n) is 27.6. The molecule has 0 saturated carbocycles. The number of hydrogen-bond acceptors (Lipinski definition) is 4. The fraction of sp³-hybridized carbons (Fsp3) is 0.0213. The summed E-state index contributed by atoms with van der Waals surface area (Å²) in [5, 5.41) is 10.5. The molecule has 1 atom stereocenters. The number of furan rings is 1. The molecule has 0 fully saturated rings. The van der Waals surface area contributed by atoms with E-state index in [1.807, 2.05) is 24.3 Å². The summed E-state index contributed by atoms with van der Waals surface area (Å²) in [5.74, 6) is 1.51. The van der Waals surface area contributed by atoms with Crippen LogP contribution in [0.15, 0.2) is 190 Å². The van der Waals surface area contributed by atoms with E-state index in [9.17, 15) is 0 Å². The van der Waals surface area contributed by atoms with Crippen molar-refractivity contribution in [3.63, 3.8) is 0 Å². The van der Waals surface area contributed by atoms with Gasteiger partial charge in [0.05, 0.1) is 0 Å². The monoisotopic (exact) mass is 653 g/mol. The maximum absolute atomic E-state index is 6.74. The highest BCUT2D eigenvalue weighted by atomic mass is 16.3. The first-order chi connectivity index (χ1) is 25.3. The van der Waals surface area contributed by atoms with E-state index in [4.69, 9.17) is 14.4 Å². The summed E-state index contributed by atoms with van der Waals surface area (Å²) in [6.45, 7) is 0. The highest BCUT2D eigenvalue weighted by Gasteiger charge is 2.23. The molecular weight excluding hydrogens is 623 g/mol. The number of amidine groups is 2. The van der Waals surface area contributed by atoms with E-state index >= 15 is 0 Å². The van der Waals surface area contributed by atoms with E-state index in [-0.39, 0.29) is 6.17 Å². The van der Waals surface area contributed by atoms with E-state index < -0.39 is 0 Å². The van der Waals surface area contributed by atoms with Gasteiger partial charge in [0, 0.05) is 27.5 Å². The minimum atomic E-state index is -0.269. The Morgan fingerprint density at radius 2 is 1.04 bits per heavy atom. The number of para-hydroxylation sites is 1. The minimum absolute atomic E-state index is 0.269. The van der Waals surface area contributed by atoms with Crippen LogP contribution in [0, 0.1) is 0 Å². The van der Waals surface area contributed by atoms with E-state index in [0.29, 0.717) is 5.84 Å². The Morgan fingerprint density at radius 1 is 0.451 bits per heavy atom. The molecule has 0 bridgehead atoms. The van der Waals surface area contributed by atoms with Crippen molar-refractivity contribution >= 4 is 55.2 Å². The number of nitrogens with one attached hydrogen (secondary N) is 1. The second kappa shape index (κ2) is 12.0. The van der Waals surface area contributed by atoms with Crippen LogP contribution in [0.3, 0.4) is 0 Å². The van der Waals surface area contributed by atoms with Crippen molar-refractivity contribution < 1.29 is 4.42 Å². The van der Waals surface area contributed by atoms with Gasteiger partial charge in [-0.2, -0.15) is 0 Å². The Bertz CT molecular complexity index is 2830. The summed E-state index contributed by atoms with van der Waals surface area (Å²) in [6, 6.07) is 61.5. The number of fused-ring (bicyclic) bond motifs is 5. The molecule has 0 aliphatic carbocycles. The molecule has 9 aromatic rings. The predicted octanol–water partition coefficient (Wildman–Crippen LogP) is 11.7. The van der Waals surface area contributed by atoms with Crippen LogP contribution in [0.5, 0.6) is 0 Å². The average Bonchev–Trinajstić information content (AvgIpc) is 3.60. The van der Waals surface area contributed by atoms with E-state index in [1.54, 1.807) is 0 Å². The van der Waals surface area contributed by atoms with Crippen molar-refractivity contribution in [1.29, 1.82) is 0 Å². The van der Waals surface area contributed by atoms with E-state index in [1.165, 1.54) is 16.3 Å². The highest BCUT2D eigenvalue weighted by molar-refractivity contribution is 6.22.